The third kappa shape index (κ3) is 6.48. The maximum atomic E-state index is 11.7. The number of rotatable bonds is 11. The van der Waals surface area contributed by atoms with Crippen LogP contribution in [0.25, 0.3) is 22.6 Å². The molecule has 210 valence electrons. The molecule has 0 saturated carbocycles. The van der Waals surface area contributed by atoms with Gasteiger partial charge in [0, 0.05) is 75.3 Å². The highest BCUT2D eigenvalue weighted by atomic mass is 32.2. The van der Waals surface area contributed by atoms with Gasteiger partial charge in [-0.25, -0.2) is 18.5 Å². The topological polar surface area (TPSA) is 127 Å². The Morgan fingerprint density at radius 1 is 1.00 bits per heavy atom. The lowest BCUT2D eigenvalue weighted by Crippen LogP contribution is -2.35. The summed E-state index contributed by atoms with van der Waals surface area (Å²) in [4.78, 5) is 9.23. The second-order valence-electron chi connectivity index (χ2n) is 9.77. The van der Waals surface area contributed by atoms with Gasteiger partial charge >= 0.3 is 0 Å². The summed E-state index contributed by atoms with van der Waals surface area (Å²) in [7, 11) is -2.04. The lowest BCUT2D eigenvalue weighted by atomic mass is 9.86. The predicted octanol–water partition coefficient (Wildman–Crippen LogP) is 4.85. The number of aryl methyl sites for hydroxylation is 1. The molecule has 0 bridgehead atoms. The molecule has 3 heterocycles. The zero-order valence-corrected chi connectivity index (χ0v) is 23.2. The quantitative estimate of drug-likeness (QED) is 0.257. The van der Waals surface area contributed by atoms with Crippen LogP contribution in [0.4, 0.5) is 0 Å². The van der Waals surface area contributed by atoms with Crippen LogP contribution in [-0.4, -0.2) is 45.3 Å². The molecule has 0 radical (unpaired) electrons. The normalized spacial score (nSPS) is 15.2. The summed E-state index contributed by atoms with van der Waals surface area (Å²) in [5, 5.41) is 5.25. The van der Waals surface area contributed by atoms with Crippen LogP contribution in [0.2, 0.25) is 0 Å². The molecule has 4 aromatic rings. The molecule has 0 atom stereocenters. The van der Waals surface area contributed by atoms with E-state index >= 15 is 0 Å². The summed E-state index contributed by atoms with van der Waals surface area (Å²) in [6.07, 6.45) is 6.58. The fourth-order valence-corrected chi connectivity index (χ4v) is 5.41. The number of benzene rings is 2. The van der Waals surface area contributed by atoms with Crippen molar-refractivity contribution in [1.82, 2.24) is 9.97 Å². The molecule has 9 nitrogen and oxygen atoms in total. The number of pyridine rings is 1. The molecule has 1 saturated heterocycles. The van der Waals surface area contributed by atoms with Gasteiger partial charge in [0.2, 0.25) is 10.0 Å². The van der Waals surface area contributed by atoms with Gasteiger partial charge in [-0.2, -0.15) is 0 Å². The highest BCUT2D eigenvalue weighted by Gasteiger charge is 2.34. The van der Waals surface area contributed by atoms with Crippen LogP contribution in [0.15, 0.2) is 82.4 Å². The van der Waals surface area contributed by atoms with Crippen molar-refractivity contribution in [3.63, 3.8) is 0 Å². The first-order valence-electron chi connectivity index (χ1n) is 13.2. The molecular weight excluding hydrogens is 530 g/mol. The van der Waals surface area contributed by atoms with E-state index in [1.54, 1.807) is 19.2 Å². The van der Waals surface area contributed by atoms with Crippen LogP contribution in [0.3, 0.4) is 0 Å². The van der Waals surface area contributed by atoms with Gasteiger partial charge in [-0.05, 0) is 42.3 Å². The third-order valence-electron chi connectivity index (χ3n) is 7.12. The van der Waals surface area contributed by atoms with Crippen molar-refractivity contribution in [2.75, 3.05) is 26.9 Å². The van der Waals surface area contributed by atoms with Gasteiger partial charge in [0.05, 0.1) is 17.1 Å². The average Bonchev–Trinajstić information content (AvgIpc) is 3.42. The number of sulfonamides is 1. The number of nitrogens with zero attached hydrogens (tertiary/aromatic N) is 2. The number of ether oxygens (including phenoxy) is 3. The molecule has 1 fully saturated rings. The molecule has 0 aliphatic carbocycles. The Morgan fingerprint density at radius 3 is 2.45 bits per heavy atom. The maximum Gasteiger partial charge on any atom is 0.238 e. The van der Waals surface area contributed by atoms with Crippen LogP contribution in [0.1, 0.15) is 36.3 Å². The van der Waals surface area contributed by atoms with Crippen LogP contribution >= 0.6 is 0 Å². The SMILES string of the molecule is COC1(c2cncc(COCCCc3nc(-c4ccccc4)c(-c4ccc(S(N)(=O)=O)cc4)o3)c2)CCOCC1. The Balaban J connectivity index is 1.23. The number of primary sulfonamides is 1. The number of hydrogen-bond acceptors (Lipinski definition) is 8. The number of oxazole rings is 1. The molecule has 2 aromatic carbocycles. The van der Waals surface area contributed by atoms with Crippen molar-refractivity contribution < 1.29 is 27.0 Å². The van der Waals surface area contributed by atoms with E-state index in [0.29, 0.717) is 62.2 Å². The van der Waals surface area contributed by atoms with E-state index in [9.17, 15) is 8.42 Å². The molecule has 1 aliphatic heterocycles. The molecule has 0 amide bonds. The van der Waals surface area contributed by atoms with Gasteiger partial charge in [0.15, 0.2) is 11.7 Å². The maximum absolute atomic E-state index is 11.7. The van der Waals surface area contributed by atoms with Crippen LogP contribution in [0, 0.1) is 0 Å². The van der Waals surface area contributed by atoms with Crippen molar-refractivity contribution in [3.8, 4) is 22.6 Å². The standard InChI is InChI=1S/C30H33N3O6S/c1-36-30(13-16-37-17-14-30)25-18-22(19-32-20-25)21-38-15-5-8-27-33-28(23-6-3-2-4-7-23)29(39-27)24-9-11-26(12-10-24)40(31,34)35/h2-4,6-7,9-12,18-20H,5,8,13-17,21H2,1H3,(H2,31,34,35). The summed E-state index contributed by atoms with van der Waals surface area (Å²) in [6.45, 7) is 2.31. The van der Waals surface area contributed by atoms with Gasteiger partial charge in [-0.3, -0.25) is 4.98 Å². The summed E-state index contributed by atoms with van der Waals surface area (Å²) >= 11 is 0. The minimum absolute atomic E-state index is 0.0419. The summed E-state index contributed by atoms with van der Waals surface area (Å²) in [5.74, 6) is 1.16. The molecule has 40 heavy (non-hydrogen) atoms. The largest absolute Gasteiger partial charge is 0.440 e. The number of hydrogen-bond donors (Lipinski definition) is 1. The Morgan fingerprint density at radius 2 is 1.75 bits per heavy atom. The minimum atomic E-state index is -3.78. The fraction of sp³-hybridized carbons (Fsp3) is 0.333. The predicted molar refractivity (Wildman–Crippen MR) is 150 cm³/mol. The van der Waals surface area contributed by atoms with E-state index in [0.717, 1.165) is 29.5 Å². The smallest absolute Gasteiger partial charge is 0.238 e. The minimum Gasteiger partial charge on any atom is -0.440 e. The lowest BCUT2D eigenvalue weighted by molar-refractivity contribution is -0.0950. The van der Waals surface area contributed by atoms with Gasteiger partial charge in [0.25, 0.3) is 0 Å². The first-order valence-corrected chi connectivity index (χ1v) is 14.8. The van der Waals surface area contributed by atoms with E-state index in [2.05, 4.69) is 11.1 Å². The van der Waals surface area contributed by atoms with E-state index in [4.69, 9.17) is 28.8 Å². The fourth-order valence-electron chi connectivity index (χ4n) is 4.90. The molecule has 2 N–H and O–H groups in total. The van der Waals surface area contributed by atoms with Crippen LogP contribution in [-0.2, 0) is 42.9 Å². The molecule has 10 heteroatoms. The molecule has 0 spiro atoms. The Kier molecular flexibility index (Phi) is 8.72. The van der Waals surface area contributed by atoms with Gasteiger partial charge in [-0.15, -0.1) is 0 Å². The Bertz CT molecular complexity index is 1510. The first-order chi connectivity index (χ1) is 19.4. The first kappa shape index (κ1) is 28.1. The average molecular weight is 564 g/mol. The van der Waals surface area contributed by atoms with E-state index < -0.39 is 10.0 Å². The molecule has 2 aromatic heterocycles. The second-order valence-corrected chi connectivity index (χ2v) is 11.3. The number of methoxy groups -OCH3 is 1. The van der Waals surface area contributed by atoms with Gasteiger partial charge < -0.3 is 18.6 Å². The highest BCUT2D eigenvalue weighted by Crippen LogP contribution is 2.36. The lowest BCUT2D eigenvalue weighted by Gasteiger charge is -2.36. The van der Waals surface area contributed by atoms with E-state index in [1.807, 2.05) is 42.7 Å². The summed E-state index contributed by atoms with van der Waals surface area (Å²) in [6, 6.07) is 18.1. The Labute approximate surface area is 234 Å². The molecule has 5 rings (SSSR count). The molecule has 1 aliphatic rings. The van der Waals surface area contributed by atoms with Crippen LogP contribution in [0.5, 0.6) is 0 Å². The van der Waals surface area contributed by atoms with E-state index in [1.165, 1.54) is 12.1 Å². The highest BCUT2D eigenvalue weighted by molar-refractivity contribution is 7.89. The van der Waals surface area contributed by atoms with Crippen molar-refractivity contribution in [2.45, 2.75) is 42.8 Å². The monoisotopic (exact) mass is 563 g/mol. The summed E-state index contributed by atoms with van der Waals surface area (Å²) < 4.78 is 46.9. The molecular formula is C30H33N3O6S. The zero-order chi connectivity index (χ0) is 28.0. The van der Waals surface area contributed by atoms with Crippen molar-refractivity contribution in [1.29, 1.82) is 0 Å². The van der Waals surface area contributed by atoms with Crippen LogP contribution < -0.4 is 5.14 Å². The molecule has 0 unspecified atom stereocenters. The Hall–Kier alpha value is -3.41. The second kappa shape index (κ2) is 12.4. The van der Waals surface area contributed by atoms with Gasteiger partial charge in [-0.1, -0.05) is 30.3 Å². The number of aromatic nitrogens is 2. The zero-order valence-electron chi connectivity index (χ0n) is 22.4. The van der Waals surface area contributed by atoms with Crippen molar-refractivity contribution in [3.05, 3.63) is 90.1 Å². The van der Waals surface area contributed by atoms with Crippen molar-refractivity contribution >= 4 is 10.0 Å². The van der Waals surface area contributed by atoms with E-state index in [-0.39, 0.29) is 10.5 Å². The number of nitrogens with two attached hydrogens (primary N) is 1. The third-order valence-corrected chi connectivity index (χ3v) is 8.05. The summed E-state index contributed by atoms with van der Waals surface area (Å²) in [5.41, 5.74) is 4.00. The van der Waals surface area contributed by atoms with Crippen molar-refractivity contribution in [2.24, 2.45) is 5.14 Å². The van der Waals surface area contributed by atoms with Gasteiger partial charge in [0.1, 0.15) is 5.69 Å².